The molecule has 3 aromatic carbocycles. The van der Waals surface area contributed by atoms with Crippen LogP contribution in [0.15, 0.2) is 78.9 Å². The van der Waals surface area contributed by atoms with Crippen LogP contribution in [0.2, 0.25) is 0 Å². The fourth-order valence-corrected chi connectivity index (χ4v) is 5.14. The summed E-state index contributed by atoms with van der Waals surface area (Å²) < 4.78 is 0. The van der Waals surface area contributed by atoms with E-state index >= 15 is 0 Å². The number of aryl methyl sites for hydroxylation is 1. The van der Waals surface area contributed by atoms with E-state index in [-0.39, 0.29) is 36.7 Å². The maximum Gasteiger partial charge on any atom is 0.304 e. The summed E-state index contributed by atoms with van der Waals surface area (Å²) >= 11 is 0. The van der Waals surface area contributed by atoms with Gasteiger partial charge in [0.25, 0.3) is 0 Å². The second-order valence-corrected chi connectivity index (χ2v) is 9.72. The molecule has 0 unspecified atom stereocenters. The van der Waals surface area contributed by atoms with Crippen molar-refractivity contribution in [1.82, 2.24) is 4.90 Å². The topological polar surface area (TPSA) is 132 Å². The van der Waals surface area contributed by atoms with Crippen molar-refractivity contribution in [3.05, 3.63) is 84.4 Å². The van der Waals surface area contributed by atoms with E-state index in [2.05, 4.69) is 28.8 Å². The van der Waals surface area contributed by atoms with Gasteiger partial charge in [0.1, 0.15) is 0 Å². The molecule has 1 heterocycles. The third-order valence-corrected chi connectivity index (χ3v) is 6.90. The number of likely N-dealkylation sites (tertiary alicyclic amines) is 1. The molecule has 1 aliphatic heterocycles. The molecular weight excluding hydrogens is 514 g/mol. The number of rotatable bonds is 12. The molecule has 8 nitrogen and oxygen atoms in total. The zero-order chi connectivity index (χ0) is 26.9. The first kappa shape index (κ1) is 29.5. The first-order chi connectivity index (χ1) is 18.4. The van der Waals surface area contributed by atoms with Gasteiger partial charge in [-0.05, 0) is 66.6 Å². The van der Waals surface area contributed by atoms with E-state index in [1.807, 2.05) is 65.6 Å². The average molecular weight is 550 g/mol. The van der Waals surface area contributed by atoms with Gasteiger partial charge in [-0.25, -0.2) is 0 Å². The summed E-state index contributed by atoms with van der Waals surface area (Å²) in [5.41, 5.74) is 10.4. The third kappa shape index (κ3) is 8.48. The Hall–Kier alpha value is -4.04. The lowest BCUT2D eigenvalue weighted by Crippen LogP contribution is -2.36. The van der Waals surface area contributed by atoms with Crippen LogP contribution in [0.25, 0.3) is 11.1 Å². The first-order valence-electron chi connectivity index (χ1n) is 13.0. The Bertz CT molecular complexity index is 1270. The second kappa shape index (κ2) is 14.2. The molecule has 0 radical (unpaired) electrons. The summed E-state index contributed by atoms with van der Waals surface area (Å²) in [4.78, 5) is 26.3. The highest BCUT2D eigenvalue weighted by Gasteiger charge is 2.39. The number of hydrogen-bond acceptors (Lipinski definition) is 4. The third-order valence-electron chi connectivity index (χ3n) is 6.90. The van der Waals surface area contributed by atoms with Gasteiger partial charge in [0.05, 0.1) is 12.3 Å². The highest BCUT2D eigenvalue weighted by Crippen LogP contribution is 2.30. The van der Waals surface area contributed by atoms with Crippen molar-refractivity contribution >= 4 is 41.6 Å². The Morgan fingerprint density at radius 2 is 1.67 bits per heavy atom. The standard InChI is InChI=1S/C30H35N5O3.ClH/c31-30(32)34-26-13-5-11-23(18-26)22-10-4-12-25(17-22)33-15-14-27-19-24(20-28(36)37)29(38)35(27)16-6-9-21-7-2-1-3-8-21;/h1-5,7-8,10-13,17-18,24,27,33H,6,9,14-16,19-20H2,(H,36,37)(H4,31,32,34);1H/t24-,27+;/m0./s1. The number of guanidine groups is 1. The minimum atomic E-state index is -0.925. The number of nitrogens with one attached hydrogen (secondary N) is 3. The molecule has 9 heteroatoms. The molecule has 0 saturated carbocycles. The number of carbonyl (C=O) groups excluding carboxylic acids is 1. The normalized spacial score (nSPS) is 16.4. The summed E-state index contributed by atoms with van der Waals surface area (Å²) in [5.74, 6) is -1.52. The number of carboxylic acid groups (broad SMARTS) is 1. The molecular formula is C30H36ClN5O3. The number of carbonyl (C=O) groups is 2. The molecule has 6 N–H and O–H groups in total. The van der Waals surface area contributed by atoms with Gasteiger partial charge in [0.15, 0.2) is 5.96 Å². The lowest BCUT2D eigenvalue weighted by molar-refractivity contribution is -0.142. The summed E-state index contributed by atoms with van der Waals surface area (Å²) in [6.07, 6.45) is 2.94. The van der Waals surface area contributed by atoms with Gasteiger partial charge < -0.3 is 26.4 Å². The predicted octanol–water partition coefficient (Wildman–Crippen LogP) is 5.21. The summed E-state index contributed by atoms with van der Waals surface area (Å²) in [6.45, 7) is 1.30. The van der Waals surface area contributed by atoms with Crippen molar-refractivity contribution < 1.29 is 14.7 Å². The van der Waals surface area contributed by atoms with E-state index in [9.17, 15) is 14.7 Å². The van der Waals surface area contributed by atoms with Gasteiger partial charge in [-0.1, -0.05) is 54.6 Å². The van der Waals surface area contributed by atoms with E-state index in [1.54, 1.807) is 0 Å². The quantitative estimate of drug-likeness (QED) is 0.156. The molecule has 39 heavy (non-hydrogen) atoms. The van der Waals surface area contributed by atoms with Gasteiger partial charge in [-0.15, -0.1) is 12.4 Å². The van der Waals surface area contributed by atoms with E-state index in [4.69, 9.17) is 11.1 Å². The van der Waals surface area contributed by atoms with Crippen LogP contribution in [0, 0.1) is 11.3 Å². The first-order valence-corrected chi connectivity index (χ1v) is 13.0. The molecule has 1 saturated heterocycles. The van der Waals surface area contributed by atoms with E-state index in [0.29, 0.717) is 19.5 Å². The summed E-state index contributed by atoms with van der Waals surface area (Å²) in [5, 5.41) is 23.0. The van der Waals surface area contributed by atoms with Crippen LogP contribution in [0.5, 0.6) is 0 Å². The number of halogens is 1. The molecule has 3 aromatic rings. The van der Waals surface area contributed by atoms with Crippen molar-refractivity contribution in [3.63, 3.8) is 0 Å². The smallest absolute Gasteiger partial charge is 0.304 e. The number of anilines is 2. The van der Waals surface area contributed by atoms with Gasteiger partial charge in [0, 0.05) is 30.5 Å². The van der Waals surface area contributed by atoms with Crippen LogP contribution in [0.1, 0.15) is 31.2 Å². The average Bonchev–Trinajstić information content (AvgIpc) is 3.18. The van der Waals surface area contributed by atoms with E-state index < -0.39 is 11.9 Å². The zero-order valence-corrected chi connectivity index (χ0v) is 22.6. The summed E-state index contributed by atoms with van der Waals surface area (Å²) in [6, 6.07) is 26.0. The van der Waals surface area contributed by atoms with Crippen LogP contribution in [0.4, 0.5) is 11.4 Å². The van der Waals surface area contributed by atoms with Gasteiger partial charge >= 0.3 is 5.97 Å². The fraction of sp³-hybridized carbons (Fsp3) is 0.300. The highest BCUT2D eigenvalue weighted by molar-refractivity contribution is 5.90. The second-order valence-electron chi connectivity index (χ2n) is 9.72. The number of nitrogens with zero attached hydrogens (tertiary/aromatic N) is 1. The number of carboxylic acids is 1. The molecule has 206 valence electrons. The van der Waals surface area contributed by atoms with Crippen LogP contribution in [0.3, 0.4) is 0 Å². The SMILES string of the molecule is Cl.N=C(N)Nc1cccc(-c2cccc(NCC[C@@H]3C[C@@H](CC(=O)O)C(=O)N3CCCc3ccccc3)c2)c1. The Labute approximate surface area is 235 Å². The van der Waals surface area contributed by atoms with Crippen LogP contribution in [-0.4, -0.2) is 47.0 Å². The van der Waals surface area contributed by atoms with Gasteiger partial charge in [0.2, 0.25) is 5.91 Å². The highest BCUT2D eigenvalue weighted by atomic mass is 35.5. The minimum absolute atomic E-state index is 0. The Balaban J connectivity index is 0.00000420. The zero-order valence-electron chi connectivity index (χ0n) is 21.8. The number of aliphatic carboxylic acids is 1. The van der Waals surface area contributed by atoms with E-state index in [1.165, 1.54) is 5.56 Å². The van der Waals surface area contributed by atoms with Crippen molar-refractivity contribution in [1.29, 1.82) is 5.41 Å². The molecule has 0 aliphatic carbocycles. The largest absolute Gasteiger partial charge is 0.481 e. The van der Waals surface area contributed by atoms with Crippen LogP contribution in [-0.2, 0) is 16.0 Å². The molecule has 0 spiro atoms. The van der Waals surface area contributed by atoms with Crippen molar-refractivity contribution in [3.8, 4) is 11.1 Å². The molecule has 2 atom stereocenters. The predicted molar refractivity (Wildman–Crippen MR) is 158 cm³/mol. The molecule has 1 fully saturated rings. The number of hydrogen-bond donors (Lipinski definition) is 5. The molecule has 1 aliphatic rings. The Morgan fingerprint density at radius 1 is 1.00 bits per heavy atom. The maximum absolute atomic E-state index is 13.0. The monoisotopic (exact) mass is 549 g/mol. The Kier molecular flexibility index (Phi) is 10.8. The van der Waals surface area contributed by atoms with Crippen molar-refractivity contribution in [2.45, 2.75) is 38.1 Å². The number of benzene rings is 3. The molecule has 1 amide bonds. The van der Waals surface area contributed by atoms with Crippen molar-refractivity contribution in [2.24, 2.45) is 11.7 Å². The summed E-state index contributed by atoms with van der Waals surface area (Å²) in [7, 11) is 0. The minimum Gasteiger partial charge on any atom is -0.481 e. The van der Waals surface area contributed by atoms with Crippen LogP contribution < -0.4 is 16.4 Å². The van der Waals surface area contributed by atoms with Gasteiger partial charge in [-0.3, -0.25) is 15.0 Å². The number of amides is 1. The fourth-order valence-electron chi connectivity index (χ4n) is 5.14. The lowest BCUT2D eigenvalue weighted by Gasteiger charge is -2.25. The van der Waals surface area contributed by atoms with Gasteiger partial charge in [-0.2, -0.15) is 0 Å². The lowest BCUT2D eigenvalue weighted by atomic mass is 10.00. The van der Waals surface area contributed by atoms with Crippen molar-refractivity contribution in [2.75, 3.05) is 23.7 Å². The molecule has 0 bridgehead atoms. The number of nitrogens with two attached hydrogens (primary N) is 1. The molecule has 0 aromatic heterocycles. The maximum atomic E-state index is 13.0. The Morgan fingerprint density at radius 3 is 2.33 bits per heavy atom. The molecule has 4 rings (SSSR count). The van der Waals surface area contributed by atoms with E-state index in [0.717, 1.165) is 41.8 Å². The van der Waals surface area contributed by atoms with Crippen LogP contribution >= 0.6 is 12.4 Å².